The number of imide groups is 1. The number of hydrogen-bond acceptors (Lipinski definition) is 3. The Kier molecular flexibility index (Phi) is 6.34. The summed E-state index contributed by atoms with van der Waals surface area (Å²) in [6.45, 7) is 6.52. The molecule has 1 atom stereocenters. The fourth-order valence-corrected chi connectivity index (χ4v) is 3.19. The maximum atomic E-state index is 13.2. The van der Waals surface area contributed by atoms with Crippen LogP contribution in [0, 0.1) is 5.82 Å². The van der Waals surface area contributed by atoms with E-state index in [0.717, 1.165) is 17.7 Å². The summed E-state index contributed by atoms with van der Waals surface area (Å²) in [6, 6.07) is 4.89. The Labute approximate surface area is 153 Å². The molecule has 0 aromatic heterocycles. The summed E-state index contributed by atoms with van der Waals surface area (Å²) in [5, 5.41) is 2.70. The summed E-state index contributed by atoms with van der Waals surface area (Å²) >= 11 is 0. The molecule has 1 aliphatic heterocycles. The van der Waals surface area contributed by atoms with Crippen molar-refractivity contribution in [3.05, 3.63) is 35.6 Å². The Balaban J connectivity index is 2.21. The number of rotatable bonds is 8. The number of benzene rings is 1. The summed E-state index contributed by atoms with van der Waals surface area (Å²) < 4.78 is 13.2. The van der Waals surface area contributed by atoms with Gasteiger partial charge in [-0.1, -0.05) is 32.4 Å². The van der Waals surface area contributed by atoms with Gasteiger partial charge in [-0.3, -0.25) is 14.5 Å². The van der Waals surface area contributed by atoms with Crippen LogP contribution in [0.1, 0.15) is 45.6 Å². The lowest BCUT2D eigenvalue weighted by Gasteiger charge is -2.26. The predicted octanol–water partition coefficient (Wildman–Crippen LogP) is 2.63. The highest BCUT2D eigenvalue weighted by atomic mass is 19.1. The molecule has 6 nitrogen and oxygen atoms in total. The number of unbranched alkanes of at least 4 members (excludes halogenated alkanes) is 1. The highest BCUT2D eigenvalue weighted by Gasteiger charge is 2.51. The summed E-state index contributed by atoms with van der Waals surface area (Å²) in [5.74, 6) is -1.15. The van der Waals surface area contributed by atoms with E-state index in [-0.39, 0.29) is 12.5 Å². The van der Waals surface area contributed by atoms with Crippen molar-refractivity contribution in [1.29, 1.82) is 0 Å². The van der Waals surface area contributed by atoms with Gasteiger partial charge in [0.25, 0.3) is 5.91 Å². The lowest BCUT2D eigenvalue weighted by molar-refractivity contribution is -0.139. The average molecular weight is 363 g/mol. The highest BCUT2D eigenvalue weighted by Crippen LogP contribution is 2.32. The molecule has 4 amide bonds. The summed E-state index contributed by atoms with van der Waals surface area (Å²) in [7, 11) is 0. The molecular weight excluding hydrogens is 337 g/mol. The smallest absolute Gasteiger partial charge is 0.325 e. The van der Waals surface area contributed by atoms with Crippen molar-refractivity contribution < 1.29 is 18.8 Å². The minimum atomic E-state index is -1.26. The lowest BCUT2D eigenvalue weighted by atomic mass is 9.87. The fraction of sp³-hybridized carbons (Fsp3) is 0.526. The van der Waals surface area contributed by atoms with E-state index in [4.69, 9.17) is 0 Å². The number of amides is 4. The minimum absolute atomic E-state index is 0.254. The zero-order valence-corrected chi connectivity index (χ0v) is 15.5. The molecule has 2 rings (SSSR count). The average Bonchev–Trinajstić information content (AvgIpc) is 2.88. The third-order valence-electron chi connectivity index (χ3n) is 4.85. The largest absolute Gasteiger partial charge is 0.341 e. The first kappa shape index (κ1) is 19.9. The molecule has 1 saturated heterocycles. The van der Waals surface area contributed by atoms with Crippen LogP contribution < -0.4 is 5.32 Å². The molecule has 0 bridgehead atoms. The molecule has 1 fully saturated rings. The second-order valence-electron chi connectivity index (χ2n) is 6.41. The van der Waals surface area contributed by atoms with Gasteiger partial charge in [0.1, 0.15) is 17.9 Å². The second-order valence-corrected chi connectivity index (χ2v) is 6.41. The zero-order chi connectivity index (χ0) is 19.3. The second kappa shape index (κ2) is 8.29. The molecule has 7 heteroatoms. The van der Waals surface area contributed by atoms with Gasteiger partial charge in [-0.2, -0.15) is 0 Å². The molecule has 0 saturated carbocycles. The number of likely N-dealkylation sites (N-methyl/N-ethyl adjacent to an activating group) is 1. The summed E-state index contributed by atoms with van der Waals surface area (Å²) in [4.78, 5) is 40.5. The van der Waals surface area contributed by atoms with E-state index < -0.39 is 23.3 Å². The SMILES string of the molecule is CCCCN(CC)C(=O)CN1C(=O)N[C@@](CC)(c2ccc(F)cc2)C1=O. The van der Waals surface area contributed by atoms with Gasteiger partial charge in [0, 0.05) is 13.1 Å². The van der Waals surface area contributed by atoms with Crippen LogP contribution in [-0.4, -0.2) is 47.3 Å². The Morgan fingerprint density at radius 1 is 1.19 bits per heavy atom. The van der Waals surface area contributed by atoms with Crippen molar-refractivity contribution in [2.24, 2.45) is 0 Å². The molecular formula is C19H26FN3O3. The summed E-state index contributed by atoms with van der Waals surface area (Å²) in [5.41, 5.74) is -0.751. The van der Waals surface area contributed by atoms with Crippen LogP contribution in [0.2, 0.25) is 0 Å². The topological polar surface area (TPSA) is 69.7 Å². The molecule has 0 aliphatic carbocycles. The van der Waals surface area contributed by atoms with E-state index in [1.807, 2.05) is 13.8 Å². The quantitative estimate of drug-likeness (QED) is 0.722. The number of carbonyl (C=O) groups excluding carboxylic acids is 3. The van der Waals surface area contributed by atoms with E-state index in [0.29, 0.717) is 25.1 Å². The molecule has 0 spiro atoms. The van der Waals surface area contributed by atoms with Gasteiger partial charge >= 0.3 is 6.03 Å². The number of halogens is 1. The Morgan fingerprint density at radius 2 is 1.85 bits per heavy atom. The third kappa shape index (κ3) is 3.71. The number of nitrogens with one attached hydrogen (secondary N) is 1. The van der Waals surface area contributed by atoms with Gasteiger partial charge in [-0.25, -0.2) is 9.18 Å². The van der Waals surface area contributed by atoms with Gasteiger partial charge in [-0.05, 0) is 37.5 Å². The normalized spacial score (nSPS) is 19.6. The van der Waals surface area contributed by atoms with Crippen molar-refractivity contribution in [2.45, 2.75) is 45.6 Å². The summed E-state index contributed by atoms with van der Waals surface area (Å²) in [6.07, 6.45) is 2.13. The van der Waals surface area contributed by atoms with Crippen LogP contribution >= 0.6 is 0 Å². The molecule has 0 radical (unpaired) electrons. The molecule has 1 aromatic carbocycles. The molecule has 1 heterocycles. The maximum absolute atomic E-state index is 13.2. The van der Waals surface area contributed by atoms with Crippen molar-refractivity contribution in [3.63, 3.8) is 0 Å². The van der Waals surface area contributed by atoms with Crippen molar-refractivity contribution in [3.8, 4) is 0 Å². The zero-order valence-electron chi connectivity index (χ0n) is 15.5. The standard InChI is InChI=1S/C19H26FN3O3/c1-4-7-12-22(6-3)16(24)13-23-17(25)19(5-2,21-18(23)26)14-8-10-15(20)11-9-14/h8-11H,4-7,12-13H2,1-3H3,(H,21,26)/t19-/m0/s1. The van der Waals surface area contributed by atoms with Gasteiger partial charge in [0.15, 0.2) is 0 Å². The number of urea groups is 1. The Bertz CT molecular complexity index is 677. The van der Waals surface area contributed by atoms with E-state index in [1.54, 1.807) is 11.8 Å². The van der Waals surface area contributed by atoms with E-state index in [9.17, 15) is 18.8 Å². The van der Waals surface area contributed by atoms with Gasteiger partial charge in [0.05, 0.1) is 0 Å². The molecule has 1 aromatic rings. The maximum Gasteiger partial charge on any atom is 0.325 e. The highest BCUT2D eigenvalue weighted by molar-refractivity contribution is 6.09. The van der Waals surface area contributed by atoms with E-state index >= 15 is 0 Å². The van der Waals surface area contributed by atoms with Crippen molar-refractivity contribution in [1.82, 2.24) is 15.1 Å². The lowest BCUT2D eigenvalue weighted by Crippen LogP contribution is -2.45. The van der Waals surface area contributed by atoms with Crippen LogP contribution in [0.25, 0.3) is 0 Å². The van der Waals surface area contributed by atoms with Crippen LogP contribution in [0.15, 0.2) is 24.3 Å². The monoisotopic (exact) mass is 363 g/mol. The molecule has 1 aliphatic rings. The first-order chi connectivity index (χ1) is 12.4. The molecule has 0 unspecified atom stereocenters. The van der Waals surface area contributed by atoms with Crippen LogP contribution in [0.4, 0.5) is 9.18 Å². The number of hydrogen-bond donors (Lipinski definition) is 1. The van der Waals surface area contributed by atoms with E-state index in [2.05, 4.69) is 5.32 Å². The molecule has 142 valence electrons. The first-order valence-electron chi connectivity index (χ1n) is 9.07. The first-order valence-corrected chi connectivity index (χ1v) is 9.07. The van der Waals surface area contributed by atoms with Crippen LogP contribution in [0.3, 0.4) is 0 Å². The van der Waals surface area contributed by atoms with Crippen LogP contribution in [-0.2, 0) is 15.1 Å². The van der Waals surface area contributed by atoms with Gasteiger partial charge in [0.2, 0.25) is 5.91 Å². The van der Waals surface area contributed by atoms with Crippen LogP contribution in [0.5, 0.6) is 0 Å². The Hall–Kier alpha value is -2.44. The Morgan fingerprint density at radius 3 is 2.38 bits per heavy atom. The predicted molar refractivity (Wildman–Crippen MR) is 95.8 cm³/mol. The number of nitrogens with zero attached hydrogens (tertiary/aromatic N) is 2. The van der Waals surface area contributed by atoms with Crippen molar-refractivity contribution in [2.75, 3.05) is 19.6 Å². The molecule has 26 heavy (non-hydrogen) atoms. The van der Waals surface area contributed by atoms with Gasteiger partial charge in [-0.15, -0.1) is 0 Å². The number of carbonyl (C=O) groups is 3. The van der Waals surface area contributed by atoms with Gasteiger partial charge < -0.3 is 10.2 Å². The minimum Gasteiger partial charge on any atom is -0.341 e. The van der Waals surface area contributed by atoms with E-state index in [1.165, 1.54) is 24.3 Å². The fourth-order valence-electron chi connectivity index (χ4n) is 3.19. The molecule has 1 N–H and O–H groups in total. The third-order valence-corrected chi connectivity index (χ3v) is 4.85. The van der Waals surface area contributed by atoms with Crippen molar-refractivity contribution >= 4 is 17.8 Å².